The molecular weight excluding hydrogens is 516 g/mol. The summed E-state index contributed by atoms with van der Waals surface area (Å²) >= 11 is 1.27. The number of hydrogen-bond donors (Lipinski definition) is 0. The number of carbonyl (C=O) groups excluding carboxylic acids is 1. The number of unbranched alkanes of at least 4 members (excludes halogenated alkanes) is 1. The van der Waals surface area contributed by atoms with Gasteiger partial charge in [0, 0.05) is 5.56 Å². The first kappa shape index (κ1) is 28.2. The van der Waals surface area contributed by atoms with E-state index >= 15 is 0 Å². The number of ether oxygens (including phenoxy) is 4. The highest BCUT2D eigenvalue weighted by atomic mass is 32.1. The van der Waals surface area contributed by atoms with Gasteiger partial charge in [-0.2, -0.15) is 0 Å². The molecule has 1 atom stereocenters. The van der Waals surface area contributed by atoms with E-state index < -0.39 is 12.0 Å². The molecule has 1 aliphatic rings. The normalized spacial score (nSPS) is 15.0. The number of carbonyl (C=O) groups is 1. The third-order valence-corrected chi connectivity index (χ3v) is 7.26. The number of benzene rings is 2. The van der Waals surface area contributed by atoms with Crippen LogP contribution in [0.15, 0.2) is 63.5 Å². The van der Waals surface area contributed by atoms with Gasteiger partial charge in [0.25, 0.3) is 5.56 Å². The minimum absolute atomic E-state index is 0.203. The zero-order valence-electron chi connectivity index (χ0n) is 23.0. The van der Waals surface area contributed by atoms with Crippen LogP contribution in [0.5, 0.6) is 17.2 Å². The van der Waals surface area contributed by atoms with Crippen molar-refractivity contribution < 1.29 is 23.7 Å². The third kappa shape index (κ3) is 5.93. The molecule has 0 saturated carbocycles. The van der Waals surface area contributed by atoms with Gasteiger partial charge in [-0.05, 0) is 57.0 Å². The van der Waals surface area contributed by atoms with Crippen molar-refractivity contribution in [2.24, 2.45) is 4.99 Å². The molecule has 1 aliphatic heterocycles. The van der Waals surface area contributed by atoms with Gasteiger partial charge >= 0.3 is 5.97 Å². The molecule has 0 spiro atoms. The van der Waals surface area contributed by atoms with Crippen LogP contribution in [0.4, 0.5) is 0 Å². The van der Waals surface area contributed by atoms with Crippen LogP contribution in [0.1, 0.15) is 57.7 Å². The van der Waals surface area contributed by atoms with Gasteiger partial charge in [-0.1, -0.05) is 48.9 Å². The zero-order chi connectivity index (χ0) is 27.9. The van der Waals surface area contributed by atoms with Gasteiger partial charge in [0.15, 0.2) is 16.3 Å². The predicted octanol–water partition coefficient (Wildman–Crippen LogP) is 4.38. The quantitative estimate of drug-likeness (QED) is 0.260. The Morgan fingerprint density at radius 2 is 1.85 bits per heavy atom. The first-order chi connectivity index (χ1) is 18.9. The zero-order valence-corrected chi connectivity index (χ0v) is 23.8. The number of allylic oxidation sites excluding steroid dienone is 1. The molecule has 0 bridgehead atoms. The van der Waals surface area contributed by atoms with Gasteiger partial charge in [0.05, 0.1) is 48.8 Å². The summed E-state index contributed by atoms with van der Waals surface area (Å²) in [6.07, 6.45) is 3.74. The Morgan fingerprint density at radius 3 is 2.56 bits per heavy atom. The van der Waals surface area contributed by atoms with E-state index in [9.17, 15) is 9.59 Å². The van der Waals surface area contributed by atoms with E-state index in [1.54, 1.807) is 31.6 Å². The highest BCUT2D eigenvalue weighted by Gasteiger charge is 2.34. The van der Waals surface area contributed by atoms with Gasteiger partial charge in [-0.15, -0.1) is 0 Å². The first-order valence-corrected chi connectivity index (χ1v) is 14.0. The number of nitrogens with zero attached hydrogens (tertiary/aromatic N) is 2. The molecule has 2 heterocycles. The SMILES string of the molecule is CCCCOc1ccc([C@H]2C(C(=O)OCC)=C(C)N=c3sc(=Cc4ccccc4OCC)c(=O)n32)cc1OC. The Morgan fingerprint density at radius 1 is 1.05 bits per heavy atom. The van der Waals surface area contributed by atoms with Gasteiger partial charge in [-0.25, -0.2) is 9.79 Å². The number of thiazole rings is 1. The summed E-state index contributed by atoms with van der Waals surface area (Å²) in [4.78, 5) is 32.3. The highest BCUT2D eigenvalue weighted by molar-refractivity contribution is 7.07. The number of methoxy groups -OCH3 is 1. The lowest BCUT2D eigenvalue weighted by molar-refractivity contribution is -0.139. The van der Waals surface area contributed by atoms with E-state index in [-0.39, 0.29) is 12.2 Å². The van der Waals surface area contributed by atoms with Crippen molar-refractivity contribution in [1.82, 2.24) is 4.57 Å². The number of aromatic nitrogens is 1. The third-order valence-electron chi connectivity index (χ3n) is 6.28. The van der Waals surface area contributed by atoms with Crippen molar-refractivity contribution in [3.05, 3.63) is 84.5 Å². The summed E-state index contributed by atoms with van der Waals surface area (Å²) in [7, 11) is 1.57. The van der Waals surface area contributed by atoms with Gasteiger partial charge in [0.2, 0.25) is 0 Å². The molecule has 0 aliphatic carbocycles. The van der Waals surface area contributed by atoms with Crippen LogP contribution in [0.25, 0.3) is 6.08 Å². The van der Waals surface area contributed by atoms with Crippen LogP contribution < -0.4 is 29.1 Å². The largest absolute Gasteiger partial charge is 0.493 e. The number of fused-ring (bicyclic) bond motifs is 1. The molecule has 3 aromatic rings. The molecule has 9 heteroatoms. The van der Waals surface area contributed by atoms with Crippen molar-refractivity contribution in [1.29, 1.82) is 0 Å². The Kier molecular flexibility index (Phi) is 9.24. The molecule has 206 valence electrons. The van der Waals surface area contributed by atoms with Crippen molar-refractivity contribution in [2.45, 2.75) is 46.6 Å². The maximum atomic E-state index is 13.9. The molecule has 2 aromatic carbocycles. The average Bonchev–Trinajstić information content (AvgIpc) is 3.23. The van der Waals surface area contributed by atoms with Crippen LogP contribution in [0.2, 0.25) is 0 Å². The highest BCUT2D eigenvalue weighted by Crippen LogP contribution is 2.36. The lowest BCUT2D eigenvalue weighted by atomic mass is 9.95. The maximum Gasteiger partial charge on any atom is 0.338 e. The molecule has 0 N–H and O–H groups in total. The number of hydrogen-bond acceptors (Lipinski definition) is 8. The van der Waals surface area contributed by atoms with Crippen LogP contribution in [0, 0.1) is 0 Å². The summed E-state index contributed by atoms with van der Waals surface area (Å²) in [5, 5.41) is 0. The fourth-order valence-electron chi connectivity index (χ4n) is 4.43. The molecule has 0 saturated heterocycles. The number of para-hydroxylation sites is 1. The van der Waals surface area contributed by atoms with Crippen LogP contribution >= 0.6 is 11.3 Å². The maximum absolute atomic E-state index is 13.9. The summed E-state index contributed by atoms with van der Waals surface area (Å²) in [6, 6.07) is 12.3. The van der Waals surface area contributed by atoms with E-state index in [1.165, 1.54) is 11.3 Å². The Bertz CT molecular complexity index is 1550. The second kappa shape index (κ2) is 12.8. The van der Waals surface area contributed by atoms with Crippen molar-refractivity contribution in [2.75, 3.05) is 26.9 Å². The number of esters is 1. The van der Waals surface area contributed by atoms with Crippen LogP contribution in [-0.2, 0) is 9.53 Å². The Hall–Kier alpha value is -3.85. The standard InChI is InChI=1S/C30H34N2O6S/c1-6-9-16-38-23-15-14-21(17-24(23)35-5)27-26(29(34)37-8-3)19(4)31-30-32(27)28(33)25(39-30)18-20-12-10-11-13-22(20)36-7-2/h10-15,17-18,27H,6-9,16H2,1-5H3/t27-/m0/s1. The lowest BCUT2D eigenvalue weighted by Gasteiger charge is -2.25. The van der Waals surface area contributed by atoms with Gasteiger partial charge in [0.1, 0.15) is 5.75 Å². The van der Waals surface area contributed by atoms with Gasteiger partial charge < -0.3 is 18.9 Å². The van der Waals surface area contributed by atoms with E-state index in [0.717, 1.165) is 18.4 Å². The summed E-state index contributed by atoms with van der Waals surface area (Å²) in [6.45, 7) is 8.81. The van der Waals surface area contributed by atoms with E-state index in [1.807, 2.05) is 49.4 Å². The fraction of sp³-hybridized carbons (Fsp3) is 0.367. The van der Waals surface area contributed by atoms with Gasteiger partial charge in [-0.3, -0.25) is 9.36 Å². The molecular formula is C30H34N2O6S. The molecule has 4 rings (SSSR count). The van der Waals surface area contributed by atoms with E-state index in [4.69, 9.17) is 18.9 Å². The predicted molar refractivity (Wildman–Crippen MR) is 151 cm³/mol. The van der Waals surface area contributed by atoms with E-state index in [2.05, 4.69) is 11.9 Å². The molecule has 8 nitrogen and oxygen atoms in total. The lowest BCUT2D eigenvalue weighted by Crippen LogP contribution is -2.40. The molecule has 0 unspecified atom stereocenters. The monoisotopic (exact) mass is 550 g/mol. The number of rotatable bonds is 11. The molecule has 39 heavy (non-hydrogen) atoms. The Labute approximate surface area is 231 Å². The fourth-order valence-corrected chi connectivity index (χ4v) is 5.47. The molecule has 1 aromatic heterocycles. The molecule has 0 radical (unpaired) electrons. The van der Waals surface area contributed by atoms with E-state index in [0.29, 0.717) is 56.6 Å². The Balaban J connectivity index is 1.90. The van der Waals surface area contributed by atoms with Crippen molar-refractivity contribution >= 4 is 23.4 Å². The van der Waals surface area contributed by atoms with Crippen molar-refractivity contribution in [3.8, 4) is 17.2 Å². The summed E-state index contributed by atoms with van der Waals surface area (Å²) in [5.74, 6) is 1.30. The topological polar surface area (TPSA) is 88.4 Å². The first-order valence-electron chi connectivity index (χ1n) is 13.2. The molecule has 0 fully saturated rings. The summed E-state index contributed by atoms with van der Waals surface area (Å²) < 4.78 is 24.7. The van der Waals surface area contributed by atoms with Crippen LogP contribution in [0.3, 0.4) is 0 Å². The minimum atomic E-state index is -0.747. The second-order valence-electron chi connectivity index (χ2n) is 8.89. The summed E-state index contributed by atoms with van der Waals surface area (Å²) in [5.41, 5.74) is 2.04. The molecule has 0 amide bonds. The average molecular weight is 551 g/mol. The van der Waals surface area contributed by atoms with Crippen LogP contribution in [-0.4, -0.2) is 37.5 Å². The second-order valence-corrected chi connectivity index (χ2v) is 9.89. The smallest absolute Gasteiger partial charge is 0.338 e. The van der Waals surface area contributed by atoms with Crippen molar-refractivity contribution in [3.63, 3.8) is 0 Å². The minimum Gasteiger partial charge on any atom is -0.493 e.